The van der Waals surface area contributed by atoms with E-state index in [1.54, 1.807) is 6.07 Å². The third-order valence-corrected chi connectivity index (χ3v) is 3.46. The Labute approximate surface area is 107 Å². The second kappa shape index (κ2) is 5.80. The van der Waals surface area contributed by atoms with Crippen LogP contribution in [-0.4, -0.2) is 30.6 Å². The van der Waals surface area contributed by atoms with Crippen molar-refractivity contribution in [3.8, 4) is 0 Å². The topological polar surface area (TPSA) is 15.3 Å². The maximum absolute atomic E-state index is 13.3. The van der Waals surface area contributed by atoms with Gasteiger partial charge in [0, 0.05) is 25.7 Å². The average Bonchev–Trinajstić information content (AvgIpc) is 2.21. The van der Waals surface area contributed by atoms with Crippen molar-refractivity contribution >= 4 is 11.6 Å². The normalized spacial score (nSPS) is 16.2. The van der Waals surface area contributed by atoms with E-state index in [0.29, 0.717) is 6.04 Å². The Kier molecular flexibility index (Phi) is 4.37. The predicted octanol–water partition coefficient (Wildman–Crippen LogP) is 2.66. The van der Waals surface area contributed by atoms with E-state index in [-0.39, 0.29) is 10.8 Å². The third-order valence-electron chi connectivity index (χ3n) is 3.16. The molecule has 0 aromatic heterocycles. The predicted molar refractivity (Wildman–Crippen MR) is 68.8 cm³/mol. The molecule has 1 aromatic carbocycles. The number of nitrogens with one attached hydrogen (secondary N) is 1. The lowest BCUT2D eigenvalue weighted by Crippen LogP contribution is -2.56. The van der Waals surface area contributed by atoms with E-state index in [9.17, 15) is 4.39 Å². The molecule has 0 spiro atoms. The number of rotatable bonds is 5. The lowest BCUT2D eigenvalue weighted by atomic mass is 10.1. The molecule has 0 aliphatic carbocycles. The molecule has 1 N–H and O–H groups in total. The van der Waals surface area contributed by atoms with Gasteiger partial charge in [0.2, 0.25) is 0 Å². The molecule has 17 heavy (non-hydrogen) atoms. The van der Waals surface area contributed by atoms with Crippen LogP contribution in [-0.2, 0) is 6.54 Å². The highest BCUT2D eigenvalue weighted by Crippen LogP contribution is 2.18. The van der Waals surface area contributed by atoms with Gasteiger partial charge in [-0.25, -0.2) is 4.39 Å². The molecular formula is C13H18ClFN2. The van der Waals surface area contributed by atoms with Crippen molar-refractivity contribution in [2.45, 2.75) is 25.9 Å². The maximum Gasteiger partial charge on any atom is 0.142 e. The highest BCUT2D eigenvalue weighted by atomic mass is 35.5. The fraction of sp³-hybridized carbons (Fsp3) is 0.538. The minimum Gasteiger partial charge on any atom is -0.314 e. The smallest absolute Gasteiger partial charge is 0.142 e. The summed E-state index contributed by atoms with van der Waals surface area (Å²) in [5, 5.41) is 3.46. The zero-order valence-electron chi connectivity index (χ0n) is 10.0. The zero-order valence-corrected chi connectivity index (χ0v) is 10.8. The molecule has 0 unspecified atom stereocenters. The van der Waals surface area contributed by atoms with Crippen LogP contribution in [0.1, 0.15) is 18.9 Å². The van der Waals surface area contributed by atoms with Gasteiger partial charge in [-0.15, -0.1) is 0 Å². The third kappa shape index (κ3) is 3.18. The lowest BCUT2D eigenvalue weighted by molar-refractivity contribution is 0.137. The van der Waals surface area contributed by atoms with Crippen LogP contribution in [0, 0.1) is 5.82 Å². The average molecular weight is 257 g/mol. The zero-order chi connectivity index (χ0) is 12.3. The Hall–Kier alpha value is -0.640. The molecule has 1 saturated heterocycles. The first kappa shape index (κ1) is 12.8. The molecule has 4 heteroatoms. The Morgan fingerprint density at radius 1 is 1.47 bits per heavy atom. The Morgan fingerprint density at radius 3 is 2.76 bits per heavy atom. The van der Waals surface area contributed by atoms with Gasteiger partial charge in [-0.3, -0.25) is 4.90 Å². The van der Waals surface area contributed by atoms with Crippen LogP contribution in [0.25, 0.3) is 0 Å². The summed E-state index contributed by atoms with van der Waals surface area (Å²) >= 11 is 5.68. The van der Waals surface area contributed by atoms with E-state index in [1.807, 2.05) is 6.07 Å². The monoisotopic (exact) mass is 256 g/mol. The quantitative estimate of drug-likeness (QED) is 0.871. The number of benzene rings is 1. The molecule has 1 aromatic rings. The molecule has 0 saturated carbocycles. The van der Waals surface area contributed by atoms with Crippen molar-refractivity contribution in [1.82, 2.24) is 10.2 Å². The van der Waals surface area contributed by atoms with Crippen LogP contribution >= 0.6 is 11.6 Å². The fourth-order valence-corrected chi connectivity index (χ4v) is 2.20. The van der Waals surface area contributed by atoms with Crippen molar-refractivity contribution < 1.29 is 4.39 Å². The van der Waals surface area contributed by atoms with E-state index in [4.69, 9.17) is 11.6 Å². The van der Waals surface area contributed by atoms with Crippen molar-refractivity contribution in [2.24, 2.45) is 0 Å². The molecule has 94 valence electrons. The first-order chi connectivity index (χ1) is 8.20. The van der Waals surface area contributed by atoms with Gasteiger partial charge in [0.1, 0.15) is 5.82 Å². The SMILES string of the molecule is CCCN(Cc1ccc(Cl)c(F)c1)C1CNC1. The van der Waals surface area contributed by atoms with Crippen LogP contribution in [0.3, 0.4) is 0 Å². The number of halogens is 2. The molecular weight excluding hydrogens is 239 g/mol. The Morgan fingerprint density at radius 2 is 2.24 bits per heavy atom. The molecule has 0 bridgehead atoms. The van der Waals surface area contributed by atoms with Gasteiger partial charge in [0.25, 0.3) is 0 Å². The molecule has 1 heterocycles. The van der Waals surface area contributed by atoms with E-state index >= 15 is 0 Å². The summed E-state index contributed by atoms with van der Waals surface area (Å²) in [6.45, 7) is 6.10. The molecule has 1 aliphatic rings. The summed E-state index contributed by atoms with van der Waals surface area (Å²) in [5.41, 5.74) is 0.993. The summed E-state index contributed by atoms with van der Waals surface area (Å²) in [5.74, 6) is -0.327. The van der Waals surface area contributed by atoms with Crippen molar-refractivity contribution in [2.75, 3.05) is 19.6 Å². The number of hydrogen-bond acceptors (Lipinski definition) is 2. The van der Waals surface area contributed by atoms with Gasteiger partial charge < -0.3 is 5.32 Å². The minimum absolute atomic E-state index is 0.195. The van der Waals surface area contributed by atoms with E-state index in [0.717, 1.165) is 38.2 Å². The van der Waals surface area contributed by atoms with Gasteiger partial charge in [-0.1, -0.05) is 24.6 Å². The fourth-order valence-electron chi connectivity index (χ4n) is 2.08. The molecule has 0 amide bonds. The number of hydrogen-bond donors (Lipinski definition) is 1. The van der Waals surface area contributed by atoms with Crippen molar-refractivity contribution in [3.63, 3.8) is 0 Å². The van der Waals surface area contributed by atoms with Crippen LogP contribution in [0.15, 0.2) is 18.2 Å². The van der Waals surface area contributed by atoms with E-state index in [2.05, 4.69) is 17.1 Å². The summed E-state index contributed by atoms with van der Waals surface area (Å²) in [6.07, 6.45) is 1.12. The molecule has 1 aliphatic heterocycles. The van der Waals surface area contributed by atoms with Crippen LogP contribution in [0.4, 0.5) is 4.39 Å². The maximum atomic E-state index is 13.3. The summed E-state index contributed by atoms with van der Waals surface area (Å²) < 4.78 is 13.3. The summed E-state index contributed by atoms with van der Waals surface area (Å²) in [7, 11) is 0. The van der Waals surface area contributed by atoms with Gasteiger partial charge in [-0.2, -0.15) is 0 Å². The first-order valence-corrected chi connectivity index (χ1v) is 6.47. The molecule has 2 rings (SSSR count). The highest BCUT2D eigenvalue weighted by molar-refractivity contribution is 6.30. The minimum atomic E-state index is -0.327. The van der Waals surface area contributed by atoms with Gasteiger partial charge in [-0.05, 0) is 30.7 Å². The van der Waals surface area contributed by atoms with Crippen molar-refractivity contribution in [1.29, 1.82) is 0 Å². The number of nitrogens with zero attached hydrogens (tertiary/aromatic N) is 1. The second-order valence-electron chi connectivity index (χ2n) is 4.53. The van der Waals surface area contributed by atoms with Crippen molar-refractivity contribution in [3.05, 3.63) is 34.6 Å². The van der Waals surface area contributed by atoms with Crippen LogP contribution < -0.4 is 5.32 Å². The first-order valence-electron chi connectivity index (χ1n) is 6.09. The van der Waals surface area contributed by atoms with E-state index in [1.165, 1.54) is 6.07 Å². The molecule has 0 radical (unpaired) electrons. The Bertz CT molecular complexity index is 380. The van der Waals surface area contributed by atoms with Gasteiger partial charge in [0.15, 0.2) is 0 Å². The molecule has 1 fully saturated rings. The lowest BCUT2D eigenvalue weighted by Gasteiger charge is -2.38. The van der Waals surface area contributed by atoms with Gasteiger partial charge >= 0.3 is 0 Å². The molecule has 2 nitrogen and oxygen atoms in total. The highest BCUT2D eigenvalue weighted by Gasteiger charge is 2.23. The Balaban J connectivity index is 2.02. The molecule has 0 atom stereocenters. The standard InChI is InChI=1S/C13H18ClFN2/c1-2-5-17(11-7-16-8-11)9-10-3-4-12(14)13(15)6-10/h3-4,6,11,16H,2,5,7-9H2,1H3. The summed E-state index contributed by atoms with van der Waals surface area (Å²) in [6, 6.07) is 5.67. The van der Waals surface area contributed by atoms with E-state index < -0.39 is 0 Å². The van der Waals surface area contributed by atoms with Crippen LogP contribution in [0.2, 0.25) is 5.02 Å². The second-order valence-corrected chi connectivity index (χ2v) is 4.94. The van der Waals surface area contributed by atoms with Gasteiger partial charge in [0.05, 0.1) is 5.02 Å². The summed E-state index contributed by atoms with van der Waals surface area (Å²) in [4.78, 5) is 2.40. The largest absolute Gasteiger partial charge is 0.314 e. The van der Waals surface area contributed by atoms with Crippen LogP contribution in [0.5, 0.6) is 0 Å².